The van der Waals surface area contributed by atoms with Gasteiger partial charge >= 0.3 is 5.97 Å². The van der Waals surface area contributed by atoms with Crippen LogP contribution in [0.1, 0.15) is 9.67 Å². The highest BCUT2D eigenvalue weighted by Gasteiger charge is 2.13. The molecule has 0 aromatic carbocycles. The Morgan fingerprint density at radius 3 is 2.60 bits per heavy atom. The van der Waals surface area contributed by atoms with E-state index < -0.39 is 5.97 Å². The molecule has 1 aromatic heterocycles. The number of carboxylic acid groups (broad SMARTS) is 1. The van der Waals surface area contributed by atoms with Crippen molar-refractivity contribution in [3.05, 3.63) is 21.3 Å². The molecule has 15 heavy (non-hydrogen) atoms. The van der Waals surface area contributed by atoms with E-state index in [9.17, 15) is 9.59 Å². The highest BCUT2D eigenvalue weighted by molar-refractivity contribution is 7.18. The van der Waals surface area contributed by atoms with Crippen molar-refractivity contribution in [1.82, 2.24) is 4.90 Å². The zero-order valence-corrected chi connectivity index (χ0v) is 9.64. The summed E-state index contributed by atoms with van der Waals surface area (Å²) in [6.07, 6.45) is 0. The number of aliphatic carboxylic acids is 1. The van der Waals surface area contributed by atoms with E-state index in [1.165, 1.54) is 16.2 Å². The van der Waals surface area contributed by atoms with Crippen LogP contribution in [0.15, 0.2) is 12.1 Å². The lowest BCUT2D eigenvalue weighted by molar-refractivity contribution is -0.137. The monoisotopic (exact) mass is 247 g/mol. The maximum absolute atomic E-state index is 11.6. The number of carboxylic acids is 1. The summed E-state index contributed by atoms with van der Waals surface area (Å²) in [5, 5.41) is 8.50. The maximum atomic E-state index is 11.6. The molecule has 0 atom stereocenters. The Morgan fingerprint density at radius 2 is 2.13 bits per heavy atom. The number of carbonyl (C=O) groups is 2. The van der Waals surface area contributed by atoms with Crippen LogP contribution in [-0.4, -0.2) is 41.9 Å². The van der Waals surface area contributed by atoms with Crippen LogP contribution in [0.2, 0.25) is 4.34 Å². The van der Waals surface area contributed by atoms with Crippen molar-refractivity contribution in [2.45, 2.75) is 0 Å². The van der Waals surface area contributed by atoms with Gasteiger partial charge in [0.15, 0.2) is 5.78 Å². The highest BCUT2D eigenvalue weighted by Crippen LogP contribution is 2.21. The number of thiophene rings is 1. The fourth-order valence-corrected chi connectivity index (χ4v) is 2.05. The molecule has 6 heteroatoms. The smallest absolute Gasteiger partial charge is 0.317 e. The van der Waals surface area contributed by atoms with Crippen molar-refractivity contribution >= 4 is 34.7 Å². The van der Waals surface area contributed by atoms with Gasteiger partial charge in [0.1, 0.15) is 0 Å². The van der Waals surface area contributed by atoms with Gasteiger partial charge in [-0.15, -0.1) is 11.3 Å². The third kappa shape index (κ3) is 3.99. The van der Waals surface area contributed by atoms with Crippen LogP contribution in [0.5, 0.6) is 0 Å². The second-order valence-corrected chi connectivity index (χ2v) is 4.81. The molecular formula is C9H10ClNO3S. The molecule has 0 saturated heterocycles. The summed E-state index contributed by atoms with van der Waals surface area (Å²) >= 11 is 6.88. The molecule has 1 rings (SSSR count). The van der Waals surface area contributed by atoms with Gasteiger partial charge < -0.3 is 5.11 Å². The van der Waals surface area contributed by atoms with E-state index in [-0.39, 0.29) is 18.9 Å². The number of Topliss-reactive ketones (excluding diaryl/α,β-unsaturated/α-hetero) is 1. The van der Waals surface area contributed by atoms with E-state index >= 15 is 0 Å². The molecule has 1 aromatic rings. The van der Waals surface area contributed by atoms with Crippen molar-refractivity contribution < 1.29 is 14.7 Å². The number of hydrogen-bond donors (Lipinski definition) is 1. The Morgan fingerprint density at radius 1 is 1.47 bits per heavy atom. The van der Waals surface area contributed by atoms with Crippen LogP contribution in [0.4, 0.5) is 0 Å². The van der Waals surface area contributed by atoms with E-state index in [2.05, 4.69) is 0 Å². The van der Waals surface area contributed by atoms with Gasteiger partial charge in [0.25, 0.3) is 0 Å². The van der Waals surface area contributed by atoms with Gasteiger partial charge in [0.2, 0.25) is 0 Å². The Hall–Kier alpha value is -0.910. The van der Waals surface area contributed by atoms with Crippen molar-refractivity contribution in [2.75, 3.05) is 20.1 Å². The topological polar surface area (TPSA) is 57.6 Å². The van der Waals surface area contributed by atoms with Gasteiger partial charge in [0.05, 0.1) is 22.3 Å². The lowest BCUT2D eigenvalue weighted by Crippen LogP contribution is -2.30. The van der Waals surface area contributed by atoms with Crippen LogP contribution in [0.25, 0.3) is 0 Å². The quantitative estimate of drug-likeness (QED) is 0.803. The lowest BCUT2D eigenvalue weighted by Gasteiger charge is -2.11. The molecule has 1 N–H and O–H groups in total. The van der Waals surface area contributed by atoms with Gasteiger partial charge in [-0.1, -0.05) is 11.6 Å². The molecule has 0 aliphatic carbocycles. The zero-order chi connectivity index (χ0) is 11.4. The molecule has 0 unspecified atom stereocenters. The van der Waals surface area contributed by atoms with Crippen molar-refractivity contribution in [1.29, 1.82) is 0 Å². The summed E-state index contributed by atoms with van der Waals surface area (Å²) < 4.78 is 0.555. The molecule has 0 bridgehead atoms. The van der Waals surface area contributed by atoms with Crippen LogP contribution in [0, 0.1) is 0 Å². The third-order valence-corrected chi connectivity index (χ3v) is 2.94. The van der Waals surface area contributed by atoms with E-state index in [0.29, 0.717) is 9.21 Å². The van der Waals surface area contributed by atoms with Crippen molar-refractivity contribution in [3.8, 4) is 0 Å². The Bertz CT molecular complexity index is 377. The van der Waals surface area contributed by atoms with Crippen molar-refractivity contribution in [2.24, 2.45) is 0 Å². The van der Waals surface area contributed by atoms with E-state index in [4.69, 9.17) is 16.7 Å². The van der Waals surface area contributed by atoms with Crippen LogP contribution in [0.3, 0.4) is 0 Å². The molecule has 0 radical (unpaired) electrons. The highest BCUT2D eigenvalue weighted by atomic mass is 35.5. The minimum Gasteiger partial charge on any atom is -0.480 e. The first-order valence-corrected chi connectivity index (χ1v) is 5.37. The first-order chi connectivity index (χ1) is 6.99. The van der Waals surface area contributed by atoms with E-state index in [1.54, 1.807) is 19.2 Å². The van der Waals surface area contributed by atoms with Gasteiger partial charge in [0, 0.05) is 0 Å². The summed E-state index contributed by atoms with van der Waals surface area (Å²) in [7, 11) is 1.58. The summed E-state index contributed by atoms with van der Waals surface area (Å²) in [5.74, 6) is -1.06. The molecular weight excluding hydrogens is 238 g/mol. The summed E-state index contributed by atoms with van der Waals surface area (Å²) in [6, 6.07) is 3.29. The number of carbonyl (C=O) groups excluding carboxylic acids is 1. The van der Waals surface area contributed by atoms with Crippen LogP contribution >= 0.6 is 22.9 Å². The van der Waals surface area contributed by atoms with Crippen LogP contribution in [-0.2, 0) is 4.79 Å². The number of halogens is 1. The standard InChI is InChI=1S/C9H10ClNO3S/c1-11(5-9(13)14)4-6(12)7-2-3-8(10)15-7/h2-3H,4-5H2,1H3,(H,13,14). The average molecular weight is 248 g/mol. The molecule has 0 fully saturated rings. The first-order valence-electron chi connectivity index (χ1n) is 4.18. The minimum atomic E-state index is -0.950. The van der Waals surface area contributed by atoms with Gasteiger partial charge in [-0.25, -0.2) is 0 Å². The Labute approximate surface area is 96.1 Å². The Kier molecular flexibility index (Phi) is 4.26. The first kappa shape index (κ1) is 12.2. The lowest BCUT2D eigenvalue weighted by atomic mass is 10.3. The molecule has 0 amide bonds. The number of likely N-dealkylation sites (N-methyl/N-ethyl adjacent to an activating group) is 1. The van der Waals surface area contributed by atoms with Gasteiger partial charge in [-0.2, -0.15) is 0 Å². The number of hydrogen-bond acceptors (Lipinski definition) is 4. The van der Waals surface area contributed by atoms with Crippen LogP contribution < -0.4 is 0 Å². The van der Waals surface area contributed by atoms with Gasteiger partial charge in [-0.3, -0.25) is 14.5 Å². The molecule has 4 nitrogen and oxygen atoms in total. The SMILES string of the molecule is CN(CC(=O)O)CC(=O)c1ccc(Cl)s1. The fourth-order valence-electron chi connectivity index (χ4n) is 1.07. The fraction of sp³-hybridized carbons (Fsp3) is 0.333. The molecule has 1 heterocycles. The normalized spacial score (nSPS) is 10.6. The van der Waals surface area contributed by atoms with E-state index in [1.807, 2.05) is 0 Å². The second-order valence-electron chi connectivity index (χ2n) is 3.09. The van der Waals surface area contributed by atoms with Gasteiger partial charge in [-0.05, 0) is 19.2 Å². The maximum Gasteiger partial charge on any atom is 0.317 e. The molecule has 0 saturated carbocycles. The molecule has 0 aliphatic rings. The summed E-state index contributed by atoms with van der Waals surface area (Å²) in [5.41, 5.74) is 0. The summed E-state index contributed by atoms with van der Waals surface area (Å²) in [6.45, 7) is -0.0615. The average Bonchev–Trinajstić information content (AvgIpc) is 2.49. The number of ketones is 1. The number of rotatable bonds is 5. The number of nitrogens with zero attached hydrogens (tertiary/aromatic N) is 1. The third-order valence-electron chi connectivity index (χ3n) is 1.67. The molecule has 0 spiro atoms. The predicted molar refractivity (Wildman–Crippen MR) is 58.8 cm³/mol. The Balaban J connectivity index is 2.52. The summed E-state index contributed by atoms with van der Waals surface area (Å²) in [4.78, 5) is 23.9. The van der Waals surface area contributed by atoms with E-state index in [0.717, 1.165) is 0 Å². The molecule has 0 aliphatic heterocycles. The van der Waals surface area contributed by atoms with Crippen molar-refractivity contribution in [3.63, 3.8) is 0 Å². The minimum absolute atomic E-state index is 0.0865. The largest absolute Gasteiger partial charge is 0.480 e. The zero-order valence-electron chi connectivity index (χ0n) is 8.07. The predicted octanol–water partition coefficient (Wildman–Crippen LogP) is 1.60. The molecule has 82 valence electrons. The second kappa shape index (κ2) is 5.25.